The number of para-hydroxylation sites is 2. The number of fused-ring (bicyclic) bond motifs is 10. The third-order valence-electron chi connectivity index (χ3n) is 9.81. The van der Waals surface area contributed by atoms with E-state index in [-0.39, 0.29) is 5.41 Å². The van der Waals surface area contributed by atoms with Gasteiger partial charge in [0, 0.05) is 27.1 Å². The van der Waals surface area contributed by atoms with Crippen LogP contribution in [0, 0.1) is 0 Å². The normalized spacial score (nSPS) is 13.7. The molecule has 212 valence electrons. The summed E-state index contributed by atoms with van der Waals surface area (Å²) in [7, 11) is 0. The lowest BCUT2D eigenvalue weighted by Gasteiger charge is -2.21. The highest BCUT2D eigenvalue weighted by Gasteiger charge is 2.37. The van der Waals surface area contributed by atoms with E-state index < -0.39 is 0 Å². The van der Waals surface area contributed by atoms with Crippen molar-refractivity contribution in [2.24, 2.45) is 0 Å². The van der Waals surface area contributed by atoms with Crippen LogP contribution in [-0.2, 0) is 5.41 Å². The Kier molecular flexibility index (Phi) is 4.76. The van der Waals surface area contributed by atoms with E-state index in [1.165, 1.54) is 43.8 Å². The molecule has 0 saturated carbocycles. The maximum absolute atomic E-state index is 6.37. The van der Waals surface area contributed by atoms with Gasteiger partial charge in [-0.3, -0.25) is 4.57 Å². The predicted molar refractivity (Wildman–Crippen MR) is 184 cm³/mol. The van der Waals surface area contributed by atoms with Crippen molar-refractivity contribution < 1.29 is 4.42 Å². The zero-order chi connectivity index (χ0) is 29.9. The molecule has 9 aromatic rings. The van der Waals surface area contributed by atoms with Crippen molar-refractivity contribution in [2.45, 2.75) is 19.3 Å². The van der Waals surface area contributed by atoms with Crippen LogP contribution in [-0.4, -0.2) is 14.5 Å². The molecule has 0 amide bonds. The number of aromatic nitrogens is 3. The van der Waals surface area contributed by atoms with Gasteiger partial charge in [-0.1, -0.05) is 111 Å². The lowest BCUT2D eigenvalue weighted by atomic mass is 9.82. The minimum Gasteiger partial charge on any atom is -0.436 e. The summed E-state index contributed by atoms with van der Waals surface area (Å²) in [6, 6.07) is 45.3. The molecule has 0 fully saturated rings. The largest absolute Gasteiger partial charge is 0.436 e. The van der Waals surface area contributed by atoms with Gasteiger partial charge in [0.1, 0.15) is 16.8 Å². The summed E-state index contributed by atoms with van der Waals surface area (Å²) in [4.78, 5) is 10.8. The second kappa shape index (κ2) is 8.67. The zero-order valence-corrected chi connectivity index (χ0v) is 24.9. The van der Waals surface area contributed by atoms with E-state index in [2.05, 4.69) is 128 Å². The third kappa shape index (κ3) is 3.26. The first-order valence-corrected chi connectivity index (χ1v) is 15.4. The second-order valence-corrected chi connectivity index (χ2v) is 12.6. The van der Waals surface area contributed by atoms with Crippen molar-refractivity contribution in [1.29, 1.82) is 0 Å². The van der Waals surface area contributed by atoms with Gasteiger partial charge in [0.2, 0.25) is 5.71 Å². The van der Waals surface area contributed by atoms with Crippen LogP contribution in [0.5, 0.6) is 0 Å². The molecule has 1 aliphatic rings. The van der Waals surface area contributed by atoms with E-state index >= 15 is 0 Å². The van der Waals surface area contributed by atoms with E-state index in [9.17, 15) is 0 Å². The van der Waals surface area contributed by atoms with Crippen LogP contribution in [0.3, 0.4) is 0 Å². The predicted octanol–water partition coefficient (Wildman–Crippen LogP) is 10.6. The zero-order valence-electron chi connectivity index (χ0n) is 24.9. The number of hydrogen-bond acceptors (Lipinski definition) is 3. The Labute approximate surface area is 259 Å². The fourth-order valence-corrected chi connectivity index (χ4v) is 7.68. The summed E-state index contributed by atoms with van der Waals surface area (Å²) in [5.74, 6) is 0.797. The molecule has 3 heterocycles. The van der Waals surface area contributed by atoms with E-state index in [0.29, 0.717) is 5.71 Å². The van der Waals surface area contributed by atoms with Gasteiger partial charge >= 0.3 is 0 Å². The first-order chi connectivity index (χ1) is 22.1. The Morgan fingerprint density at radius 3 is 2.16 bits per heavy atom. The smallest absolute Gasteiger partial charge is 0.247 e. The maximum atomic E-state index is 6.37. The van der Waals surface area contributed by atoms with Crippen molar-refractivity contribution >= 4 is 54.8 Å². The van der Waals surface area contributed by atoms with Crippen LogP contribution in [0.25, 0.3) is 83.0 Å². The average Bonchev–Trinajstić information content (AvgIpc) is 3.68. The molecule has 0 N–H and O–H groups in total. The summed E-state index contributed by atoms with van der Waals surface area (Å²) in [6.07, 6.45) is 0. The van der Waals surface area contributed by atoms with E-state index in [0.717, 1.165) is 44.6 Å². The van der Waals surface area contributed by atoms with Gasteiger partial charge in [-0.25, -0.2) is 9.97 Å². The Balaban J connectivity index is 1.40. The SMILES string of the molecule is CC1(C)c2ccccc2-c2c(-c3nc4oc5ccccc5c4nc3-n3c4ccccc4c4cc5ccccc5cc43)cccc21. The summed E-state index contributed by atoms with van der Waals surface area (Å²) in [5.41, 5.74) is 11.1. The van der Waals surface area contributed by atoms with Gasteiger partial charge in [0.15, 0.2) is 5.82 Å². The monoisotopic (exact) mass is 577 g/mol. The van der Waals surface area contributed by atoms with Crippen LogP contribution >= 0.6 is 0 Å². The van der Waals surface area contributed by atoms with Gasteiger partial charge < -0.3 is 4.42 Å². The standard InChI is InChI=1S/C41H27N3O/c1-41(2)31-18-8-5-15-27(31)36-29(17-11-19-32(36)41)37-39(42-38-28-16-7-10-21-35(28)45-40(38)43-37)44-33-20-9-6-14-26(33)30-22-24-12-3-4-13-25(24)23-34(30)44/h3-23H,1-2H3. The first-order valence-electron chi connectivity index (χ1n) is 15.4. The third-order valence-corrected chi connectivity index (χ3v) is 9.81. The van der Waals surface area contributed by atoms with Crippen LogP contribution < -0.4 is 0 Å². The first kappa shape index (κ1) is 24.7. The molecular weight excluding hydrogens is 550 g/mol. The Hall–Kier alpha value is -5.74. The quantitative estimate of drug-likeness (QED) is 0.205. The highest BCUT2D eigenvalue weighted by Crippen LogP contribution is 2.52. The molecule has 0 unspecified atom stereocenters. The minimum atomic E-state index is -0.134. The molecule has 0 aliphatic heterocycles. The molecule has 0 bridgehead atoms. The number of rotatable bonds is 2. The molecule has 0 atom stereocenters. The molecule has 4 nitrogen and oxygen atoms in total. The van der Waals surface area contributed by atoms with E-state index in [1.807, 2.05) is 18.2 Å². The highest BCUT2D eigenvalue weighted by molar-refractivity contribution is 6.14. The Bertz CT molecular complexity index is 2690. The van der Waals surface area contributed by atoms with Crippen LogP contribution in [0.15, 0.2) is 132 Å². The van der Waals surface area contributed by atoms with Crippen molar-refractivity contribution in [3.05, 3.63) is 139 Å². The summed E-state index contributed by atoms with van der Waals surface area (Å²) >= 11 is 0. The molecule has 0 saturated heterocycles. The average molecular weight is 578 g/mol. The Morgan fingerprint density at radius 1 is 0.578 bits per heavy atom. The molecule has 3 aromatic heterocycles. The van der Waals surface area contributed by atoms with Gasteiger partial charge in [-0.05, 0) is 63.4 Å². The molecule has 0 spiro atoms. The van der Waals surface area contributed by atoms with Gasteiger partial charge in [0.25, 0.3) is 0 Å². The number of nitrogens with zero attached hydrogens (tertiary/aromatic N) is 3. The van der Waals surface area contributed by atoms with Crippen molar-refractivity contribution in [3.63, 3.8) is 0 Å². The number of furan rings is 1. The molecule has 6 aromatic carbocycles. The fraction of sp³-hybridized carbons (Fsp3) is 0.0732. The van der Waals surface area contributed by atoms with E-state index in [1.54, 1.807) is 0 Å². The summed E-state index contributed by atoms with van der Waals surface area (Å²) in [6.45, 7) is 4.63. The molecule has 45 heavy (non-hydrogen) atoms. The van der Waals surface area contributed by atoms with Crippen LogP contribution in [0.2, 0.25) is 0 Å². The van der Waals surface area contributed by atoms with Crippen molar-refractivity contribution in [1.82, 2.24) is 14.5 Å². The molecule has 10 rings (SSSR count). The minimum absolute atomic E-state index is 0.134. The lowest BCUT2D eigenvalue weighted by Crippen LogP contribution is -2.14. The number of benzene rings is 6. The fourth-order valence-electron chi connectivity index (χ4n) is 7.68. The van der Waals surface area contributed by atoms with Crippen LogP contribution in [0.1, 0.15) is 25.0 Å². The molecular formula is C41H27N3O. The second-order valence-electron chi connectivity index (χ2n) is 12.6. The molecule has 1 aliphatic carbocycles. The molecule has 4 heteroatoms. The summed E-state index contributed by atoms with van der Waals surface area (Å²) in [5, 5.41) is 5.75. The molecule has 0 radical (unpaired) electrons. The van der Waals surface area contributed by atoms with Gasteiger partial charge in [-0.2, -0.15) is 0 Å². The van der Waals surface area contributed by atoms with Gasteiger partial charge in [-0.15, -0.1) is 0 Å². The highest BCUT2D eigenvalue weighted by atomic mass is 16.3. The van der Waals surface area contributed by atoms with Crippen LogP contribution in [0.4, 0.5) is 0 Å². The van der Waals surface area contributed by atoms with E-state index in [4.69, 9.17) is 14.4 Å². The van der Waals surface area contributed by atoms with Crippen molar-refractivity contribution in [3.8, 4) is 28.2 Å². The maximum Gasteiger partial charge on any atom is 0.247 e. The Morgan fingerprint density at radius 2 is 1.27 bits per heavy atom. The topological polar surface area (TPSA) is 43.9 Å². The van der Waals surface area contributed by atoms with Gasteiger partial charge in [0.05, 0.1) is 11.0 Å². The lowest BCUT2D eigenvalue weighted by molar-refractivity contribution is 0.653. The number of hydrogen-bond donors (Lipinski definition) is 0. The summed E-state index contributed by atoms with van der Waals surface area (Å²) < 4.78 is 8.68. The van der Waals surface area contributed by atoms with Crippen molar-refractivity contribution in [2.75, 3.05) is 0 Å².